The van der Waals surface area contributed by atoms with Crippen molar-refractivity contribution < 1.29 is 14.3 Å². The lowest BCUT2D eigenvalue weighted by molar-refractivity contribution is 0.0757. The van der Waals surface area contributed by atoms with Gasteiger partial charge in [0, 0.05) is 38.8 Å². The Kier molecular flexibility index (Phi) is 6.51. The predicted octanol–water partition coefficient (Wildman–Crippen LogP) is 2.92. The molecule has 0 N–H and O–H groups in total. The van der Waals surface area contributed by atoms with Gasteiger partial charge in [0.1, 0.15) is 11.5 Å². The van der Waals surface area contributed by atoms with Crippen LogP contribution in [0.2, 0.25) is 0 Å². The summed E-state index contributed by atoms with van der Waals surface area (Å²) in [4.78, 5) is 17.3. The lowest BCUT2D eigenvalue weighted by atomic mass is 10.1. The highest BCUT2D eigenvalue weighted by Gasteiger charge is 2.23. The molecule has 1 fully saturated rings. The van der Waals surface area contributed by atoms with E-state index in [0.717, 1.165) is 32.6 Å². The summed E-state index contributed by atoms with van der Waals surface area (Å²) in [6, 6.07) is 15.1. The van der Waals surface area contributed by atoms with Gasteiger partial charge in [0.2, 0.25) is 0 Å². The van der Waals surface area contributed by atoms with Crippen molar-refractivity contribution in [1.29, 1.82) is 5.26 Å². The molecule has 0 radical (unpaired) electrons. The van der Waals surface area contributed by atoms with Gasteiger partial charge in [-0.2, -0.15) is 5.26 Å². The lowest BCUT2D eigenvalue weighted by Gasteiger charge is -2.23. The van der Waals surface area contributed by atoms with E-state index >= 15 is 0 Å². The van der Waals surface area contributed by atoms with E-state index in [1.807, 2.05) is 29.2 Å². The molecular formula is C22H25N3O3. The van der Waals surface area contributed by atoms with Gasteiger partial charge in [-0.3, -0.25) is 9.69 Å². The number of ether oxygens (including phenoxy) is 2. The van der Waals surface area contributed by atoms with Gasteiger partial charge in [-0.15, -0.1) is 0 Å². The first kappa shape index (κ1) is 19.7. The Morgan fingerprint density at radius 1 is 1.04 bits per heavy atom. The number of nitrogens with zero attached hydrogens (tertiary/aromatic N) is 3. The molecule has 6 nitrogen and oxygen atoms in total. The molecule has 146 valence electrons. The molecule has 0 atom stereocenters. The highest BCUT2D eigenvalue weighted by atomic mass is 16.5. The summed E-state index contributed by atoms with van der Waals surface area (Å²) in [5, 5.41) is 8.92. The summed E-state index contributed by atoms with van der Waals surface area (Å²) in [7, 11) is 3.15. The summed E-state index contributed by atoms with van der Waals surface area (Å²) in [6.45, 7) is 3.95. The molecule has 1 aliphatic heterocycles. The van der Waals surface area contributed by atoms with Crippen LogP contribution in [0.15, 0.2) is 42.5 Å². The Hall–Kier alpha value is -3.04. The van der Waals surface area contributed by atoms with Gasteiger partial charge in [-0.05, 0) is 36.2 Å². The molecule has 2 aromatic carbocycles. The van der Waals surface area contributed by atoms with E-state index in [0.29, 0.717) is 29.2 Å². The van der Waals surface area contributed by atoms with Gasteiger partial charge in [0.05, 0.1) is 31.4 Å². The normalized spacial score (nSPS) is 14.8. The van der Waals surface area contributed by atoms with E-state index in [-0.39, 0.29) is 5.91 Å². The average Bonchev–Trinajstić information content (AvgIpc) is 2.99. The molecule has 0 unspecified atom stereocenters. The van der Waals surface area contributed by atoms with E-state index in [1.54, 1.807) is 32.4 Å². The number of benzene rings is 2. The second-order valence-electron chi connectivity index (χ2n) is 6.80. The fraction of sp³-hybridized carbons (Fsp3) is 0.364. The number of rotatable bonds is 5. The van der Waals surface area contributed by atoms with Gasteiger partial charge < -0.3 is 14.4 Å². The van der Waals surface area contributed by atoms with Crippen LogP contribution in [-0.2, 0) is 6.54 Å². The monoisotopic (exact) mass is 379 g/mol. The van der Waals surface area contributed by atoms with Crippen molar-refractivity contribution in [3.05, 3.63) is 59.2 Å². The fourth-order valence-electron chi connectivity index (χ4n) is 3.42. The summed E-state index contributed by atoms with van der Waals surface area (Å²) in [5.74, 6) is 1.18. The minimum absolute atomic E-state index is 0.0141. The van der Waals surface area contributed by atoms with E-state index in [1.165, 1.54) is 5.56 Å². The number of amides is 1. The van der Waals surface area contributed by atoms with Crippen molar-refractivity contribution in [3.8, 4) is 17.6 Å². The van der Waals surface area contributed by atoms with Gasteiger partial charge in [0.15, 0.2) is 0 Å². The van der Waals surface area contributed by atoms with Crippen molar-refractivity contribution in [1.82, 2.24) is 9.80 Å². The molecule has 6 heteroatoms. The molecule has 3 rings (SSSR count). The van der Waals surface area contributed by atoms with E-state index < -0.39 is 0 Å². The van der Waals surface area contributed by atoms with Crippen LogP contribution < -0.4 is 9.47 Å². The maximum atomic E-state index is 13.0. The third-order valence-electron chi connectivity index (χ3n) is 5.00. The van der Waals surface area contributed by atoms with Crippen LogP contribution >= 0.6 is 0 Å². The zero-order chi connectivity index (χ0) is 19.9. The quantitative estimate of drug-likeness (QED) is 0.799. The SMILES string of the molecule is COc1ccc(C(=O)N2CCCN(Cc3ccc(C#N)cc3)CC2)c(OC)c1. The second-order valence-corrected chi connectivity index (χ2v) is 6.80. The molecule has 1 heterocycles. The highest BCUT2D eigenvalue weighted by molar-refractivity contribution is 5.97. The van der Waals surface area contributed by atoms with Crippen LogP contribution in [-0.4, -0.2) is 56.1 Å². The van der Waals surface area contributed by atoms with E-state index in [2.05, 4.69) is 11.0 Å². The molecule has 1 aliphatic rings. The Balaban J connectivity index is 1.64. The molecule has 0 aliphatic carbocycles. The third-order valence-corrected chi connectivity index (χ3v) is 5.00. The Labute approximate surface area is 165 Å². The summed E-state index contributed by atoms with van der Waals surface area (Å²) < 4.78 is 10.6. The van der Waals surface area contributed by atoms with Crippen LogP contribution in [0, 0.1) is 11.3 Å². The van der Waals surface area contributed by atoms with Crippen LogP contribution in [0.4, 0.5) is 0 Å². The Morgan fingerprint density at radius 3 is 2.50 bits per heavy atom. The predicted molar refractivity (Wildman–Crippen MR) is 107 cm³/mol. The first-order valence-electron chi connectivity index (χ1n) is 9.37. The van der Waals surface area contributed by atoms with Crippen molar-refractivity contribution >= 4 is 5.91 Å². The topological polar surface area (TPSA) is 65.8 Å². The van der Waals surface area contributed by atoms with Crippen LogP contribution in [0.1, 0.15) is 27.9 Å². The van der Waals surface area contributed by atoms with Gasteiger partial charge >= 0.3 is 0 Å². The minimum Gasteiger partial charge on any atom is -0.497 e. The van der Waals surface area contributed by atoms with E-state index in [4.69, 9.17) is 14.7 Å². The minimum atomic E-state index is -0.0141. The van der Waals surface area contributed by atoms with Crippen LogP contribution in [0.25, 0.3) is 0 Å². The number of hydrogen-bond donors (Lipinski definition) is 0. The summed E-state index contributed by atoms with van der Waals surface area (Å²) >= 11 is 0. The number of carbonyl (C=O) groups excluding carboxylic acids is 1. The molecule has 0 aromatic heterocycles. The molecule has 0 spiro atoms. The molecule has 1 amide bonds. The second kappa shape index (κ2) is 9.25. The van der Waals surface area contributed by atoms with Crippen LogP contribution in [0.5, 0.6) is 11.5 Å². The molecule has 2 aromatic rings. The molecule has 1 saturated heterocycles. The van der Waals surface area contributed by atoms with Gasteiger partial charge in [-0.1, -0.05) is 12.1 Å². The summed E-state index contributed by atoms with van der Waals surface area (Å²) in [6.07, 6.45) is 0.917. The zero-order valence-corrected chi connectivity index (χ0v) is 16.4. The number of nitriles is 1. The summed E-state index contributed by atoms with van der Waals surface area (Å²) in [5.41, 5.74) is 2.41. The maximum Gasteiger partial charge on any atom is 0.257 e. The Bertz CT molecular complexity index is 858. The maximum absolute atomic E-state index is 13.0. The number of carbonyl (C=O) groups is 1. The standard InChI is InChI=1S/C22H25N3O3/c1-27-19-8-9-20(21(14-19)28-2)22(26)25-11-3-10-24(12-13-25)16-18-6-4-17(15-23)5-7-18/h4-9,14H,3,10-13,16H2,1-2H3. The largest absolute Gasteiger partial charge is 0.497 e. The lowest BCUT2D eigenvalue weighted by Crippen LogP contribution is -2.35. The molecule has 28 heavy (non-hydrogen) atoms. The fourth-order valence-corrected chi connectivity index (χ4v) is 3.42. The van der Waals surface area contributed by atoms with Crippen molar-refractivity contribution in [3.63, 3.8) is 0 Å². The highest BCUT2D eigenvalue weighted by Crippen LogP contribution is 2.26. The van der Waals surface area contributed by atoms with Gasteiger partial charge in [0.25, 0.3) is 5.91 Å². The average molecular weight is 379 g/mol. The van der Waals surface area contributed by atoms with E-state index in [9.17, 15) is 4.79 Å². The van der Waals surface area contributed by atoms with Crippen molar-refractivity contribution in [2.24, 2.45) is 0 Å². The molecular weight excluding hydrogens is 354 g/mol. The zero-order valence-electron chi connectivity index (χ0n) is 16.4. The molecule has 0 saturated carbocycles. The van der Waals surface area contributed by atoms with Crippen molar-refractivity contribution in [2.45, 2.75) is 13.0 Å². The first-order valence-corrected chi connectivity index (χ1v) is 9.37. The van der Waals surface area contributed by atoms with Gasteiger partial charge in [-0.25, -0.2) is 0 Å². The first-order chi connectivity index (χ1) is 13.6. The number of hydrogen-bond acceptors (Lipinski definition) is 5. The van der Waals surface area contributed by atoms with Crippen LogP contribution in [0.3, 0.4) is 0 Å². The van der Waals surface area contributed by atoms with Crippen molar-refractivity contribution in [2.75, 3.05) is 40.4 Å². The number of methoxy groups -OCH3 is 2. The third kappa shape index (κ3) is 4.62. The smallest absolute Gasteiger partial charge is 0.257 e. The molecule has 0 bridgehead atoms. The Morgan fingerprint density at radius 2 is 1.82 bits per heavy atom.